The van der Waals surface area contributed by atoms with Gasteiger partial charge in [-0.2, -0.15) is 0 Å². The predicted molar refractivity (Wildman–Crippen MR) is 84.5 cm³/mol. The molecule has 0 fully saturated rings. The van der Waals surface area contributed by atoms with E-state index in [1.165, 1.54) is 0 Å². The van der Waals surface area contributed by atoms with Crippen LogP contribution >= 0.6 is 24.0 Å². The Hall–Kier alpha value is -0.790. The summed E-state index contributed by atoms with van der Waals surface area (Å²) in [5.74, 6) is 2.10. The Morgan fingerprint density at radius 2 is 1.83 bits per heavy atom. The fourth-order valence-corrected chi connectivity index (χ4v) is 1.51. The number of nitrogens with zero attached hydrogens (tertiary/aromatic N) is 4. The molecule has 0 amide bonds. The summed E-state index contributed by atoms with van der Waals surface area (Å²) in [6.07, 6.45) is 0. The van der Waals surface area contributed by atoms with Crippen LogP contribution in [0.4, 0.5) is 0 Å². The van der Waals surface area contributed by atoms with Crippen LogP contribution in [0.15, 0.2) is 15.6 Å². The van der Waals surface area contributed by atoms with Crippen molar-refractivity contribution in [2.75, 3.05) is 28.2 Å². The molecule has 0 aliphatic carbocycles. The van der Waals surface area contributed by atoms with Crippen LogP contribution in [-0.2, 0) is 6.54 Å². The second kappa shape index (κ2) is 7.60. The van der Waals surface area contributed by atoms with Crippen molar-refractivity contribution in [3.8, 4) is 0 Å². The van der Waals surface area contributed by atoms with Gasteiger partial charge < -0.3 is 14.3 Å². The zero-order valence-corrected chi connectivity index (χ0v) is 14.3. The molecule has 1 aromatic rings. The second-order valence-corrected chi connectivity index (χ2v) is 4.78. The van der Waals surface area contributed by atoms with Crippen LogP contribution in [0.25, 0.3) is 0 Å². The van der Waals surface area contributed by atoms with Gasteiger partial charge in [0.2, 0.25) is 0 Å². The van der Waals surface area contributed by atoms with Crippen molar-refractivity contribution in [2.24, 2.45) is 4.99 Å². The van der Waals surface area contributed by atoms with Crippen LogP contribution in [0.5, 0.6) is 0 Å². The van der Waals surface area contributed by atoms with E-state index in [1.807, 2.05) is 44.1 Å². The molecular formula is C12H23IN4O. The van der Waals surface area contributed by atoms with E-state index in [1.54, 1.807) is 0 Å². The van der Waals surface area contributed by atoms with E-state index in [0.29, 0.717) is 12.5 Å². The molecule has 6 heteroatoms. The molecule has 0 aliphatic heterocycles. The summed E-state index contributed by atoms with van der Waals surface area (Å²) in [6, 6.07) is 1.97. The third kappa shape index (κ3) is 4.83. The normalized spacial score (nSPS) is 9.94. The van der Waals surface area contributed by atoms with E-state index in [4.69, 9.17) is 4.52 Å². The molecule has 1 aromatic heterocycles. The van der Waals surface area contributed by atoms with Gasteiger partial charge in [-0.15, -0.1) is 24.0 Å². The number of aromatic nitrogens is 1. The third-order valence-electron chi connectivity index (χ3n) is 2.35. The van der Waals surface area contributed by atoms with Crippen molar-refractivity contribution in [3.05, 3.63) is 17.5 Å². The molecule has 0 saturated carbocycles. The maximum Gasteiger partial charge on any atom is 0.195 e. The summed E-state index contributed by atoms with van der Waals surface area (Å²) < 4.78 is 5.24. The van der Waals surface area contributed by atoms with Crippen molar-refractivity contribution < 1.29 is 4.52 Å². The Kier molecular flexibility index (Phi) is 7.27. The molecule has 5 nitrogen and oxygen atoms in total. The van der Waals surface area contributed by atoms with Gasteiger partial charge in [0.15, 0.2) is 11.7 Å². The Labute approximate surface area is 126 Å². The predicted octanol–water partition coefficient (Wildman–Crippen LogP) is 2.40. The van der Waals surface area contributed by atoms with E-state index in [2.05, 4.69) is 24.0 Å². The molecule has 0 aliphatic rings. The number of aliphatic imine (C=N–C) groups is 1. The Morgan fingerprint density at radius 1 is 1.28 bits per heavy atom. The number of hydrogen-bond acceptors (Lipinski definition) is 3. The molecule has 0 radical (unpaired) electrons. The molecule has 0 bridgehead atoms. The molecule has 0 atom stereocenters. The second-order valence-electron chi connectivity index (χ2n) is 4.78. The van der Waals surface area contributed by atoms with Crippen molar-refractivity contribution in [1.82, 2.24) is 15.0 Å². The Bertz CT molecular complexity index is 375. The van der Waals surface area contributed by atoms with E-state index < -0.39 is 0 Å². The van der Waals surface area contributed by atoms with Crippen molar-refractivity contribution in [1.29, 1.82) is 0 Å². The van der Waals surface area contributed by atoms with Crippen LogP contribution in [-0.4, -0.2) is 49.1 Å². The lowest BCUT2D eigenvalue weighted by Crippen LogP contribution is -2.35. The van der Waals surface area contributed by atoms with Gasteiger partial charge in [-0.25, -0.2) is 4.99 Å². The highest BCUT2D eigenvalue weighted by Crippen LogP contribution is 2.14. The SMILES string of the molecule is CC(C)c1cc(CN=C(N(C)C)N(C)C)on1.I. The molecule has 0 aromatic carbocycles. The van der Waals surface area contributed by atoms with Gasteiger partial charge >= 0.3 is 0 Å². The van der Waals surface area contributed by atoms with Crippen LogP contribution in [0.2, 0.25) is 0 Å². The highest BCUT2D eigenvalue weighted by molar-refractivity contribution is 14.0. The fourth-order valence-electron chi connectivity index (χ4n) is 1.51. The minimum Gasteiger partial charge on any atom is -0.359 e. The molecule has 0 spiro atoms. The summed E-state index contributed by atoms with van der Waals surface area (Å²) in [6.45, 7) is 4.71. The van der Waals surface area contributed by atoms with Gasteiger partial charge in [0, 0.05) is 34.3 Å². The van der Waals surface area contributed by atoms with Crippen molar-refractivity contribution >= 4 is 29.9 Å². The summed E-state index contributed by atoms with van der Waals surface area (Å²) in [5, 5.41) is 4.01. The van der Waals surface area contributed by atoms with E-state index in [9.17, 15) is 0 Å². The highest BCUT2D eigenvalue weighted by atomic mass is 127. The van der Waals surface area contributed by atoms with Crippen molar-refractivity contribution in [2.45, 2.75) is 26.3 Å². The lowest BCUT2D eigenvalue weighted by Gasteiger charge is -2.22. The average molecular weight is 366 g/mol. The molecule has 0 unspecified atom stereocenters. The molecule has 0 saturated heterocycles. The maximum atomic E-state index is 5.24. The number of rotatable bonds is 3. The molecule has 0 N–H and O–H groups in total. The highest BCUT2D eigenvalue weighted by Gasteiger charge is 2.08. The van der Waals surface area contributed by atoms with Crippen LogP contribution in [0, 0.1) is 0 Å². The zero-order valence-electron chi connectivity index (χ0n) is 12.0. The molecule has 1 rings (SSSR count). The quantitative estimate of drug-likeness (QED) is 0.468. The van der Waals surface area contributed by atoms with E-state index >= 15 is 0 Å². The molecule has 1 heterocycles. The number of guanidine groups is 1. The van der Waals surface area contributed by atoms with Gasteiger partial charge in [0.25, 0.3) is 0 Å². The van der Waals surface area contributed by atoms with Gasteiger partial charge in [-0.1, -0.05) is 19.0 Å². The van der Waals surface area contributed by atoms with Gasteiger partial charge in [0.1, 0.15) is 6.54 Å². The van der Waals surface area contributed by atoms with Crippen molar-refractivity contribution in [3.63, 3.8) is 0 Å². The first-order valence-corrected chi connectivity index (χ1v) is 5.76. The standard InChI is InChI=1S/C12H22N4O.HI/c1-9(2)11-7-10(17-14-11)8-13-12(15(3)4)16(5)6;/h7,9H,8H2,1-6H3;1H. The first-order chi connectivity index (χ1) is 7.91. The summed E-state index contributed by atoms with van der Waals surface area (Å²) in [5.41, 5.74) is 0.978. The smallest absolute Gasteiger partial charge is 0.195 e. The molecule has 18 heavy (non-hydrogen) atoms. The van der Waals surface area contributed by atoms with Crippen LogP contribution < -0.4 is 0 Å². The number of halogens is 1. The fraction of sp³-hybridized carbons (Fsp3) is 0.667. The monoisotopic (exact) mass is 366 g/mol. The maximum absolute atomic E-state index is 5.24. The Balaban J connectivity index is 0.00000289. The Morgan fingerprint density at radius 3 is 2.22 bits per heavy atom. The lowest BCUT2D eigenvalue weighted by atomic mass is 10.1. The average Bonchev–Trinajstić information content (AvgIpc) is 2.65. The zero-order chi connectivity index (χ0) is 13.0. The first-order valence-electron chi connectivity index (χ1n) is 5.76. The minimum absolute atomic E-state index is 0. The summed E-state index contributed by atoms with van der Waals surface area (Å²) in [7, 11) is 7.88. The largest absolute Gasteiger partial charge is 0.359 e. The summed E-state index contributed by atoms with van der Waals surface area (Å²) >= 11 is 0. The molecule has 104 valence electrons. The minimum atomic E-state index is 0. The van der Waals surface area contributed by atoms with Gasteiger partial charge in [-0.3, -0.25) is 0 Å². The van der Waals surface area contributed by atoms with E-state index in [0.717, 1.165) is 17.4 Å². The van der Waals surface area contributed by atoms with Crippen LogP contribution in [0.3, 0.4) is 0 Å². The van der Waals surface area contributed by atoms with E-state index in [-0.39, 0.29) is 24.0 Å². The summed E-state index contributed by atoms with van der Waals surface area (Å²) in [4.78, 5) is 8.44. The van der Waals surface area contributed by atoms with Crippen LogP contribution in [0.1, 0.15) is 31.2 Å². The number of hydrogen-bond donors (Lipinski definition) is 0. The molecular weight excluding hydrogens is 343 g/mol. The topological polar surface area (TPSA) is 44.9 Å². The van der Waals surface area contributed by atoms with Gasteiger partial charge in [0.05, 0.1) is 5.69 Å². The lowest BCUT2D eigenvalue weighted by molar-refractivity contribution is 0.374. The third-order valence-corrected chi connectivity index (χ3v) is 2.35. The van der Waals surface area contributed by atoms with Gasteiger partial charge in [-0.05, 0) is 5.92 Å². The first kappa shape index (κ1) is 17.2.